The van der Waals surface area contributed by atoms with Gasteiger partial charge in [-0.05, 0) is 18.6 Å². The average molecular weight is 248 g/mol. The molecule has 3 rings (SSSR count). The molecule has 1 atom stereocenters. The van der Waals surface area contributed by atoms with Crippen LogP contribution in [0, 0.1) is 5.82 Å². The van der Waals surface area contributed by atoms with Crippen molar-refractivity contribution in [1.29, 1.82) is 0 Å². The van der Waals surface area contributed by atoms with Gasteiger partial charge in [0.25, 0.3) is 0 Å². The van der Waals surface area contributed by atoms with Crippen molar-refractivity contribution in [2.24, 2.45) is 0 Å². The fourth-order valence-electron chi connectivity index (χ4n) is 2.14. The minimum atomic E-state index is -0.519. The number of hydrogen-bond acceptors (Lipinski definition) is 4. The molecule has 92 valence electrons. The van der Waals surface area contributed by atoms with Crippen molar-refractivity contribution in [2.45, 2.75) is 18.8 Å². The third-order valence-corrected chi connectivity index (χ3v) is 3.03. The molecule has 1 unspecified atom stereocenters. The van der Waals surface area contributed by atoms with Crippen molar-refractivity contribution in [3.8, 4) is 0 Å². The number of halogens is 1. The Morgan fingerprint density at radius 1 is 1.39 bits per heavy atom. The second-order valence-electron chi connectivity index (χ2n) is 4.21. The summed E-state index contributed by atoms with van der Waals surface area (Å²) in [4.78, 5) is 22.8. The summed E-state index contributed by atoms with van der Waals surface area (Å²) in [5, 5.41) is 6.68. The van der Waals surface area contributed by atoms with Crippen LogP contribution in [0.1, 0.15) is 24.5 Å². The summed E-state index contributed by atoms with van der Waals surface area (Å²) in [6.07, 6.45) is 0.662. The number of nitrogens with one attached hydrogen (secondary N) is 1. The van der Waals surface area contributed by atoms with E-state index >= 15 is 0 Å². The van der Waals surface area contributed by atoms with Gasteiger partial charge in [0.05, 0.1) is 5.92 Å². The van der Waals surface area contributed by atoms with E-state index in [1.54, 1.807) is 0 Å². The molecular weight excluding hydrogens is 239 g/mol. The van der Waals surface area contributed by atoms with Crippen LogP contribution in [0.15, 0.2) is 22.7 Å². The lowest BCUT2D eigenvalue weighted by molar-refractivity contribution is -0.134. The van der Waals surface area contributed by atoms with Gasteiger partial charge in [0.2, 0.25) is 11.8 Å². The van der Waals surface area contributed by atoms with E-state index in [0.717, 1.165) is 0 Å². The highest BCUT2D eigenvalue weighted by Crippen LogP contribution is 2.30. The molecule has 1 saturated heterocycles. The Balaban J connectivity index is 2.04. The first-order chi connectivity index (χ1) is 8.65. The molecule has 5 nitrogen and oxygen atoms in total. The summed E-state index contributed by atoms with van der Waals surface area (Å²) in [7, 11) is 0. The lowest BCUT2D eigenvalue weighted by Crippen LogP contribution is -2.39. The van der Waals surface area contributed by atoms with Gasteiger partial charge in [0.1, 0.15) is 11.5 Å². The smallest absolute Gasteiger partial charge is 0.235 e. The van der Waals surface area contributed by atoms with Crippen LogP contribution in [0.2, 0.25) is 0 Å². The Labute approximate surface area is 101 Å². The minimum Gasteiger partial charge on any atom is -0.356 e. The van der Waals surface area contributed by atoms with Crippen LogP contribution in [-0.4, -0.2) is 17.0 Å². The van der Waals surface area contributed by atoms with Crippen LogP contribution in [0.25, 0.3) is 11.0 Å². The highest BCUT2D eigenvalue weighted by atomic mass is 19.1. The van der Waals surface area contributed by atoms with Crippen molar-refractivity contribution in [1.82, 2.24) is 10.5 Å². The third-order valence-electron chi connectivity index (χ3n) is 3.03. The summed E-state index contributed by atoms with van der Waals surface area (Å²) in [6.45, 7) is 0. The molecule has 2 amide bonds. The SMILES string of the molecule is O=C1CCC(c2noc3cc(F)ccc23)C(=O)N1. The molecule has 0 bridgehead atoms. The van der Waals surface area contributed by atoms with Crippen LogP contribution in [0.5, 0.6) is 0 Å². The topological polar surface area (TPSA) is 72.2 Å². The molecule has 1 aromatic heterocycles. The van der Waals surface area contributed by atoms with Gasteiger partial charge in [-0.25, -0.2) is 4.39 Å². The summed E-state index contributed by atoms with van der Waals surface area (Å²) >= 11 is 0. The molecule has 1 fully saturated rings. The van der Waals surface area contributed by atoms with Gasteiger partial charge in [-0.3, -0.25) is 14.9 Å². The number of imide groups is 1. The average Bonchev–Trinajstić information content (AvgIpc) is 2.72. The van der Waals surface area contributed by atoms with Crippen molar-refractivity contribution >= 4 is 22.8 Å². The quantitative estimate of drug-likeness (QED) is 0.776. The molecule has 1 aromatic carbocycles. The van der Waals surface area contributed by atoms with Gasteiger partial charge in [-0.15, -0.1) is 0 Å². The third kappa shape index (κ3) is 1.66. The van der Waals surface area contributed by atoms with E-state index in [-0.39, 0.29) is 18.2 Å². The summed E-state index contributed by atoms with van der Waals surface area (Å²) in [6, 6.07) is 4.03. The van der Waals surface area contributed by atoms with Gasteiger partial charge in [0, 0.05) is 17.9 Å². The van der Waals surface area contributed by atoms with E-state index in [0.29, 0.717) is 23.1 Å². The van der Waals surface area contributed by atoms with Crippen molar-refractivity contribution in [2.75, 3.05) is 0 Å². The predicted molar refractivity (Wildman–Crippen MR) is 59.1 cm³/mol. The largest absolute Gasteiger partial charge is 0.356 e. The van der Waals surface area contributed by atoms with Gasteiger partial charge < -0.3 is 4.52 Å². The van der Waals surface area contributed by atoms with Crippen LogP contribution in [0.4, 0.5) is 4.39 Å². The number of benzene rings is 1. The highest BCUT2D eigenvalue weighted by molar-refractivity contribution is 6.02. The maximum Gasteiger partial charge on any atom is 0.235 e. The molecular formula is C12H9FN2O3. The fraction of sp³-hybridized carbons (Fsp3) is 0.250. The number of rotatable bonds is 1. The number of fused-ring (bicyclic) bond motifs is 1. The number of carbonyl (C=O) groups excluding carboxylic acids is 2. The Morgan fingerprint density at radius 3 is 3.00 bits per heavy atom. The molecule has 18 heavy (non-hydrogen) atoms. The maximum atomic E-state index is 13.0. The van der Waals surface area contributed by atoms with Crippen molar-refractivity contribution in [3.05, 3.63) is 29.7 Å². The Kier molecular flexibility index (Phi) is 2.36. The molecule has 0 radical (unpaired) electrons. The van der Waals surface area contributed by atoms with Crippen molar-refractivity contribution < 1.29 is 18.5 Å². The normalized spacial score (nSPS) is 20.2. The van der Waals surface area contributed by atoms with E-state index in [2.05, 4.69) is 10.5 Å². The lowest BCUT2D eigenvalue weighted by atomic mass is 9.93. The second-order valence-corrected chi connectivity index (χ2v) is 4.21. The summed E-state index contributed by atoms with van der Waals surface area (Å²) in [5.74, 6) is -1.61. The monoisotopic (exact) mass is 248 g/mol. The van der Waals surface area contributed by atoms with Gasteiger partial charge in [-0.2, -0.15) is 0 Å². The van der Waals surface area contributed by atoms with E-state index in [1.165, 1.54) is 18.2 Å². The number of piperidine rings is 1. The van der Waals surface area contributed by atoms with E-state index < -0.39 is 11.7 Å². The van der Waals surface area contributed by atoms with E-state index in [9.17, 15) is 14.0 Å². The number of aromatic nitrogens is 1. The zero-order chi connectivity index (χ0) is 12.7. The molecule has 0 spiro atoms. The zero-order valence-electron chi connectivity index (χ0n) is 9.27. The minimum absolute atomic E-state index is 0.270. The summed E-state index contributed by atoms with van der Waals surface area (Å²) < 4.78 is 18.0. The zero-order valence-corrected chi connectivity index (χ0v) is 9.27. The first-order valence-electron chi connectivity index (χ1n) is 5.53. The van der Waals surface area contributed by atoms with Crippen LogP contribution >= 0.6 is 0 Å². The second kappa shape index (κ2) is 3.90. The molecule has 1 aliphatic heterocycles. The lowest BCUT2D eigenvalue weighted by Gasteiger charge is -2.18. The summed E-state index contributed by atoms with van der Waals surface area (Å²) in [5.41, 5.74) is 0.754. The maximum absolute atomic E-state index is 13.0. The van der Waals surface area contributed by atoms with Crippen LogP contribution < -0.4 is 5.32 Å². The number of carbonyl (C=O) groups is 2. The number of nitrogens with zero attached hydrogens (tertiary/aromatic N) is 1. The molecule has 2 heterocycles. The molecule has 1 N–H and O–H groups in total. The molecule has 1 aliphatic rings. The molecule has 2 aromatic rings. The Morgan fingerprint density at radius 2 is 2.22 bits per heavy atom. The fourth-order valence-corrected chi connectivity index (χ4v) is 2.14. The van der Waals surface area contributed by atoms with Crippen molar-refractivity contribution in [3.63, 3.8) is 0 Å². The highest BCUT2D eigenvalue weighted by Gasteiger charge is 2.31. The van der Waals surface area contributed by atoms with Gasteiger partial charge in [-0.1, -0.05) is 5.16 Å². The Bertz CT molecular complexity index is 650. The first-order valence-corrected chi connectivity index (χ1v) is 5.53. The van der Waals surface area contributed by atoms with Gasteiger partial charge >= 0.3 is 0 Å². The number of amides is 2. The standard InChI is InChI=1S/C12H9FN2O3/c13-6-1-2-7-9(5-6)18-15-11(7)8-3-4-10(16)14-12(8)17/h1-2,5,8H,3-4H2,(H,14,16,17). The van der Waals surface area contributed by atoms with Crippen LogP contribution in [-0.2, 0) is 9.59 Å². The number of hydrogen-bond donors (Lipinski definition) is 1. The molecule has 0 aliphatic carbocycles. The van der Waals surface area contributed by atoms with E-state index in [1.807, 2.05) is 0 Å². The predicted octanol–water partition coefficient (Wildman–Crippen LogP) is 1.49. The van der Waals surface area contributed by atoms with E-state index in [4.69, 9.17) is 4.52 Å². The van der Waals surface area contributed by atoms with Gasteiger partial charge in [0.15, 0.2) is 5.58 Å². The first kappa shape index (κ1) is 10.9. The Hall–Kier alpha value is -2.24. The molecule has 6 heteroatoms. The van der Waals surface area contributed by atoms with Crippen LogP contribution in [0.3, 0.4) is 0 Å². The molecule has 0 saturated carbocycles.